The molecule has 0 amide bonds. The van der Waals surface area contributed by atoms with Crippen molar-refractivity contribution in [3.05, 3.63) is 20.8 Å². The monoisotopic (exact) mass is 373 g/mol. The number of thiophene rings is 1. The zero-order valence-corrected chi connectivity index (χ0v) is 15.9. The van der Waals surface area contributed by atoms with Crippen molar-refractivity contribution in [3.8, 4) is 0 Å². The fourth-order valence-electron chi connectivity index (χ4n) is 3.39. The van der Waals surface area contributed by atoms with Gasteiger partial charge in [0, 0.05) is 10.9 Å². The summed E-state index contributed by atoms with van der Waals surface area (Å²) in [6.07, 6.45) is 4.13. The zero-order valence-electron chi connectivity index (χ0n) is 13.5. The molecule has 1 aliphatic rings. The van der Waals surface area contributed by atoms with Crippen molar-refractivity contribution in [2.45, 2.75) is 65.2 Å². The molecule has 0 aromatic carbocycles. The van der Waals surface area contributed by atoms with Crippen molar-refractivity contribution in [2.75, 3.05) is 0 Å². The first-order valence-electron chi connectivity index (χ1n) is 8.04. The van der Waals surface area contributed by atoms with Crippen LogP contribution in [0.5, 0.6) is 0 Å². The summed E-state index contributed by atoms with van der Waals surface area (Å²) >= 11 is 5.28. The van der Waals surface area contributed by atoms with E-state index in [0.717, 1.165) is 9.70 Å². The van der Waals surface area contributed by atoms with Crippen LogP contribution in [0.25, 0.3) is 0 Å². The zero-order chi connectivity index (χ0) is 15.6. The third kappa shape index (κ3) is 4.54. The number of hydrogen-bond acceptors (Lipinski definition) is 3. The van der Waals surface area contributed by atoms with Gasteiger partial charge in [-0.3, -0.25) is 0 Å². The minimum Gasteiger partial charge on any atom is -0.368 e. The van der Waals surface area contributed by atoms with Crippen LogP contribution in [-0.2, 0) is 4.74 Å². The van der Waals surface area contributed by atoms with Crippen molar-refractivity contribution in [1.82, 2.24) is 0 Å². The molecule has 1 aromatic heterocycles. The van der Waals surface area contributed by atoms with E-state index >= 15 is 0 Å². The van der Waals surface area contributed by atoms with Gasteiger partial charge in [0.2, 0.25) is 0 Å². The molecule has 1 fully saturated rings. The molecule has 1 saturated carbocycles. The van der Waals surface area contributed by atoms with Crippen LogP contribution in [-0.4, -0.2) is 12.1 Å². The van der Waals surface area contributed by atoms with Gasteiger partial charge < -0.3 is 10.5 Å². The van der Waals surface area contributed by atoms with E-state index in [2.05, 4.69) is 55.8 Å². The minimum atomic E-state index is 0.0119. The fourth-order valence-corrected chi connectivity index (χ4v) is 4.97. The lowest BCUT2D eigenvalue weighted by Gasteiger charge is -2.39. The highest BCUT2D eigenvalue weighted by Crippen LogP contribution is 2.39. The molecule has 2 rings (SSSR count). The molecule has 0 spiro atoms. The van der Waals surface area contributed by atoms with Crippen LogP contribution in [0.4, 0.5) is 0 Å². The molecule has 4 heteroatoms. The molecule has 1 aliphatic carbocycles. The van der Waals surface area contributed by atoms with Crippen LogP contribution >= 0.6 is 27.3 Å². The van der Waals surface area contributed by atoms with Crippen molar-refractivity contribution in [1.29, 1.82) is 0 Å². The largest absolute Gasteiger partial charge is 0.368 e. The third-order valence-electron chi connectivity index (χ3n) is 4.63. The Kier molecular flexibility index (Phi) is 6.30. The predicted molar refractivity (Wildman–Crippen MR) is 94.6 cm³/mol. The van der Waals surface area contributed by atoms with E-state index in [9.17, 15) is 0 Å². The number of ether oxygens (including phenoxy) is 1. The van der Waals surface area contributed by atoms with Gasteiger partial charge in [0.15, 0.2) is 0 Å². The van der Waals surface area contributed by atoms with Gasteiger partial charge in [0.1, 0.15) is 6.10 Å². The van der Waals surface area contributed by atoms with Gasteiger partial charge >= 0.3 is 0 Å². The lowest BCUT2D eigenvalue weighted by molar-refractivity contribution is -0.0872. The molecule has 5 unspecified atom stereocenters. The Hall–Kier alpha value is 0.1000. The maximum atomic E-state index is 6.56. The summed E-state index contributed by atoms with van der Waals surface area (Å²) in [6.45, 7) is 9.03. The summed E-state index contributed by atoms with van der Waals surface area (Å²) in [5, 5.41) is 0. The Morgan fingerprint density at radius 2 is 2.00 bits per heavy atom. The maximum absolute atomic E-state index is 6.56. The molecule has 2 N–H and O–H groups in total. The second-order valence-electron chi connectivity index (χ2n) is 6.92. The lowest BCUT2D eigenvalue weighted by atomic mass is 9.75. The first-order chi connectivity index (χ1) is 9.88. The second-order valence-corrected chi connectivity index (χ2v) is 9.42. The predicted octanol–water partition coefficient (Wildman–Crippen LogP) is 5.38. The number of rotatable bonds is 5. The van der Waals surface area contributed by atoms with Crippen LogP contribution < -0.4 is 5.73 Å². The minimum absolute atomic E-state index is 0.0119. The highest BCUT2D eigenvalue weighted by Gasteiger charge is 2.34. The number of halogens is 1. The lowest BCUT2D eigenvalue weighted by Crippen LogP contribution is -2.38. The summed E-state index contributed by atoms with van der Waals surface area (Å²) in [7, 11) is 0. The van der Waals surface area contributed by atoms with E-state index in [-0.39, 0.29) is 12.1 Å². The fraction of sp³-hybridized carbons (Fsp3) is 0.765. The summed E-state index contributed by atoms with van der Waals surface area (Å²) < 4.78 is 7.70. The Balaban J connectivity index is 2.14. The van der Waals surface area contributed by atoms with Gasteiger partial charge in [-0.1, -0.05) is 27.2 Å². The average Bonchev–Trinajstić information content (AvgIpc) is 2.81. The maximum Gasteiger partial charge on any atom is 0.107 e. The standard InChI is InChI=1S/C17H28BrNOS/c1-10(2)13-6-5-11(3)9-14(13)20-17(12(4)19)15-7-8-16(18)21-15/h7-8,10-14,17H,5-6,9,19H2,1-4H3. The molecule has 21 heavy (non-hydrogen) atoms. The van der Waals surface area contributed by atoms with Crippen molar-refractivity contribution < 1.29 is 4.74 Å². The van der Waals surface area contributed by atoms with Crippen LogP contribution in [0.3, 0.4) is 0 Å². The summed E-state index contributed by atoms with van der Waals surface area (Å²) in [6, 6.07) is 4.24. The summed E-state index contributed by atoms with van der Waals surface area (Å²) in [5.74, 6) is 2.09. The number of nitrogens with two attached hydrogens (primary N) is 1. The third-order valence-corrected chi connectivity index (χ3v) is 6.32. The first kappa shape index (κ1) is 17.5. The van der Waals surface area contributed by atoms with Crippen molar-refractivity contribution >= 4 is 27.3 Å². The van der Waals surface area contributed by atoms with Gasteiger partial charge in [-0.2, -0.15) is 0 Å². The van der Waals surface area contributed by atoms with Crippen LogP contribution in [0.2, 0.25) is 0 Å². The molecule has 120 valence electrons. The van der Waals surface area contributed by atoms with E-state index < -0.39 is 0 Å². The summed E-state index contributed by atoms with van der Waals surface area (Å²) in [5.41, 5.74) is 6.22. The van der Waals surface area contributed by atoms with Crippen LogP contribution in [0, 0.1) is 17.8 Å². The van der Waals surface area contributed by atoms with Crippen LogP contribution in [0.15, 0.2) is 15.9 Å². The molecule has 1 heterocycles. The molecular weight excluding hydrogens is 346 g/mol. The summed E-state index contributed by atoms with van der Waals surface area (Å²) in [4.78, 5) is 1.23. The van der Waals surface area contributed by atoms with E-state index in [1.54, 1.807) is 11.3 Å². The Morgan fingerprint density at radius 1 is 1.29 bits per heavy atom. The second kappa shape index (κ2) is 7.58. The quantitative estimate of drug-likeness (QED) is 0.751. The molecule has 0 radical (unpaired) electrons. The Labute approximate surface area is 141 Å². The molecule has 0 aliphatic heterocycles. The van der Waals surface area contributed by atoms with E-state index in [4.69, 9.17) is 10.5 Å². The molecule has 2 nitrogen and oxygen atoms in total. The topological polar surface area (TPSA) is 35.2 Å². The highest BCUT2D eigenvalue weighted by atomic mass is 79.9. The molecule has 5 atom stereocenters. The Bertz CT molecular complexity index is 446. The van der Waals surface area contributed by atoms with Gasteiger partial charge in [0.05, 0.1) is 9.89 Å². The van der Waals surface area contributed by atoms with Gasteiger partial charge in [-0.05, 0) is 65.6 Å². The van der Waals surface area contributed by atoms with E-state index in [0.29, 0.717) is 17.9 Å². The molecule has 0 bridgehead atoms. The van der Waals surface area contributed by atoms with Crippen molar-refractivity contribution in [2.24, 2.45) is 23.5 Å². The molecule has 1 aromatic rings. The average molecular weight is 374 g/mol. The van der Waals surface area contributed by atoms with E-state index in [1.165, 1.54) is 24.1 Å². The van der Waals surface area contributed by atoms with Gasteiger partial charge in [-0.15, -0.1) is 11.3 Å². The van der Waals surface area contributed by atoms with E-state index in [1.807, 2.05) is 0 Å². The highest BCUT2D eigenvalue weighted by molar-refractivity contribution is 9.11. The van der Waals surface area contributed by atoms with Crippen LogP contribution in [0.1, 0.15) is 57.9 Å². The molecule has 0 saturated heterocycles. The van der Waals surface area contributed by atoms with Gasteiger partial charge in [-0.25, -0.2) is 0 Å². The number of hydrogen-bond donors (Lipinski definition) is 1. The smallest absolute Gasteiger partial charge is 0.107 e. The first-order valence-corrected chi connectivity index (χ1v) is 9.65. The molecular formula is C17H28BrNOS. The Morgan fingerprint density at radius 3 is 2.52 bits per heavy atom. The van der Waals surface area contributed by atoms with Gasteiger partial charge in [0.25, 0.3) is 0 Å². The normalized spacial score (nSPS) is 29.6. The van der Waals surface area contributed by atoms with Crippen molar-refractivity contribution in [3.63, 3.8) is 0 Å². The SMILES string of the molecule is CC1CCC(C(C)C)C(OC(c2ccc(Br)s2)C(C)N)C1.